The zero-order valence-corrected chi connectivity index (χ0v) is 37.7. The van der Waals surface area contributed by atoms with E-state index in [2.05, 4.69) is 44.4 Å². The second kappa shape index (κ2) is 18.6. The molecule has 0 saturated heterocycles. The molecule has 0 aliphatic heterocycles. The van der Waals surface area contributed by atoms with Gasteiger partial charge in [0.25, 0.3) is 0 Å². The fraction of sp³-hybridized carbons (Fsp3) is 0.600. The van der Waals surface area contributed by atoms with Gasteiger partial charge in [-0.3, -0.25) is 4.79 Å². The van der Waals surface area contributed by atoms with E-state index < -0.39 is 31.6 Å². The van der Waals surface area contributed by atoms with Crippen LogP contribution in [0.5, 0.6) is 0 Å². The van der Waals surface area contributed by atoms with E-state index in [-0.39, 0.29) is 30.1 Å². The molecule has 0 radical (unpaired) electrons. The molecular formula is C40H62N6O7SSi2. The highest BCUT2D eigenvalue weighted by Crippen LogP contribution is 2.45. The quantitative estimate of drug-likeness (QED) is 0.0470. The molecule has 3 heterocycles. The van der Waals surface area contributed by atoms with Crippen molar-refractivity contribution in [3.05, 3.63) is 54.6 Å². The molecule has 0 amide bonds. The van der Waals surface area contributed by atoms with Crippen molar-refractivity contribution in [3.63, 3.8) is 0 Å². The highest BCUT2D eigenvalue weighted by Gasteiger charge is 2.44. The lowest BCUT2D eigenvalue weighted by atomic mass is 9.74. The van der Waals surface area contributed by atoms with Gasteiger partial charge in [0.2, 0.25) is 0 Å². The largest absolute Gasteiger partial charge is 0.382 e. The third kappa shape index (κ3) is 11.0. The van der Waals surface area contributed by atoms with E-state index in [1.807, 2.05) is 48.4 Å². The second-order valence-electron chi connectivity index (χ2n) is 17.3. The average molecular weight is 827 g/mol. The monoisotopic (exact) mass is 826 g/mol. The lowest BCUT2D eigenvalue weighted by Crippen LogP contribution is -2.45. The standard InChI is InChI=1S/C40H62N6O7SSi2/c1-10-35(47)40(53-21-20-50-2)18-16-31(17-19-40)36-37(54(3,48)49)39(44(29-51-22-24-55(4,5)6)30-52-23-25-56(7,8)9)46-38(43-36)34(27-42-46)32-26-41-45(28-32)33-14-12-11-13-15-33/h11-15,26-28,31H,10,16-25,29-30H2,1-9H3. The Morgan fingerprint density at radius 3 is 2.09 bits per heavy atom. The van der Waals surface area contributed by atoms with Crippen LogP contribution in [-0.2, 0) is 33.6 Å². The zero-order valence-electron chi connectivity index (χ0n) is 34.8. The normalized spacial score (nSPS) is 18.1. The van der Waals surface area contributed by atoms with E-state index in [1.54, 1.807) is 28.7 Å². The van der Waals surface area contributed by atoms with Crippen molar-refractivity contribution in [2.45, 2.75) is 107 Å². The number of rotatable bonds is 21. The number of carbonyl (C=O) groups excluding carboxylic acids is 1. The van der Waals surface area contributed by atoms with E-state index in [0.717, 1.165) is 23.3 Å². The first-order valence-corrected chi connectivity index (χ1v) is 29.1. The van der Waals surface area contributed by atoms with Gasteiger partial charge in [0.05, 0.1) is 37.0 Å². The molecule has 0 spiro atoms. The number of anilines is 1. The molecular weight excluding hydrogens is 765 g/mol. The molecule has 56 heavy (non-hydrogen) atoms. The Labute approximate surface area is 335 Å². The fourth-order valence-corrected chi connectivity index (χ4v) is 9.70. The molecule has 1 aliphatic carbocycles. The number of nitrogens with zero attached hydrogens (tertiary/aromatic N) is 6. The number of hydrogen-bond donors (Lipinski definition) is 0. The summed E-state index contributed by atoms with van der Waals surface area (Å²) in [5.74, 6) is 0.127. The molecule has 4 aromatic rings. The van der Waals surface area contributed by atoms with Crippen LogP contribution in [0.15, 0.2) is 53.8 Å². The van der Waals surface area contributed by atoms with Crippen molar-refractivity contribution >= 4 is 43.2 Å². The van der Waals surface area contributed by atoms with Gasteiger partial charge < -0.3 is 23.8 Å². The van der Waals surface area contributed by atoms with Gasteiger partial charge >= 0.3 is 0 Å². The molecule has 0 bridgehead atoms. The Balaban J connectivity index is 1.66. The van der Waals surface area contributed by atoms with Gasteiger partial charge in [0, 0.05) is 72.4 Å². The number of Topliss-reactive ketones (excluding diaryl/α,β-unsaturated/α-hetero) is 1. The number of ether oxygens (including phenoxy) is 4. The number of methoxy groups -OCH3 is 1. The van der Waals surface area contributed by atoms with Crippen molar-refractivity contribution in [1.29, 1.82) is 0 Å². The number of benzene rings is 1. The van der Waals surface area contributed by atoms with Gasteiger partial charge in [0.15, 0.2) is 27.1 Å². The van der Waals surface area contributed by atoms with E-state index >= 15 is 0 Å². The molecule has 0 N–H and O–H groups in total. The van der Waals surface area contributed by atoms with Gasteiger partial charge in [-0.05, 0) is 49.9 Å². The molecule has 308 valence electrons. The maximum Gasteiger partial charge on any atom is 0.181 e. The van der Waals surface area contributed by atoms with Crippen LogP contribution in [0.2, 0.25) is 51.4 Å². The van der Waals surface area contributed by atoms with E-state index in [1.165, 1.54) is 6.26 Å². The Hall–Kier alpha value is -3.26. The highest BCUT2D eigenvalue weighted by atomic mass is 32.2. The van der Waals surface area contributed by atoms with Crippen molar-refractivity contribution in [2.75, 3.05) is 58.2 Å². The molecule has 0 unspecified atom stereocenters. The summed E-state index contributed by atoms with van der Waals surface area (Å²) in [6, 6.07) is 11.7. The number of aromatic nitrogens is 5. The van der Waals surface area contributed by atoms with E-state index in [0.29, 0.717) is 81.3 Å². The predicted molar refractivity (Wildman–Crippen MR) is 226 cm³/mol. The summed E-state index contributed by atoms with van der Waals surface area (Å²) in [4.78, 5) is 20.6. The summed E-state index contributed by atoms with van der Waals surface area (Å²) in [7, 11) is -5.12. The maximum absolute atomic E-state index is 14.2. The van der Waals surface area contributed by atoms with Gasteiger partial charge in [-0.15, -0.1) is 0 Å². The molecule has 1 saturated carbocycles. The van der Waals surface area contributed by atoms with Gasteiger partial charge in [-0.1, -0.05) is 64.4 Å². The average Bonchev–Trinajstić information content (AvgIpc) is 3.80. The number of carbonyl (C=O) groups is 1. The highest BCUT2D eigenvalue weighted by molar-refractivity contribution is 7.91. The number of para-hydroxylation sites is 1. The van der Waals surface area contributed by atoms with Crippen LogP contribution < -0.4 is 4.90 Å². The number of sulfone groups is 1. The first-order chi connectivity index (χ1) is 26.5. The first-order valence-electron chi connectivity index (χ1n) is 19.7. The lowest BCUT2D eigenvalue weighted by molar-refractivity contribution is -0.152. The van der Waals surface area contributed by atoms with Crippen LogP contribution in [-0.4, -0.2) is 114 Å². The molecule has 16 heteroatoms. The third-order valence-corrected chi connectivity index (χ3v) is 14.9. The molecule has 5 rings (SSSR count). The smallest absolute Gasteiger partial charge is 0.181 e. The summed E-state index contributed by atoms with van der Waals surface area (Å²) in [6.07, 6.45) is 8.91. The maximum atomic E-state index is 14.2. The van der Waals surface area contributed by atoms with Crippen LogP contribution in [0.3, 0.4) is 0 Å². The minimum absolute atomic E-state index is 0.0464. The van der Waals surface area contributed by atoms with Crippen molar-refractivity contribution in [1.82, 2.24) is 24.4 Å². The number of hydrogen-bond acceptors (Lipinski definition) is 11. The van der Waals surface area contributed by atoms with Gasteiger partial charge in [-0.2, -0.15) is 14.7 Å². The molecule has 1 aromatic carbocycles. The van der Waals surface area contributed by atoms with Crippen molar-refractivity contribution in [3.8, 4) is 16.8 Å². The Morgan fingerprint density at radius 2 is 1.54 bits per heavy atom. The van der Waals surface area contributed by atoms with Gasteiger partial charge in [0.1, 0.15) is 24.0 Å². The summed E-state index contributed by atoms with van der Waals surface area (Å²) in [5, 5.41) is 9.47. The molecule has 13 nitrogen and oxygen atoms in total. The second-order valence-corrected chi connectivity index (χ2v) is 30.5. The summed E-state index contributed by atoms with van der Waals surface area (Å²) in [5.41, 5.74) is 2.41. The van der Waals surface area contributed by atoms with Crippen molar-refractivity contribution < 1.29 is 32.2 Å². The summed E-state index contributed by atoms with van der Waals surface area (Å²) >= 11 is 0. The zero-order chi connectivity index (χ0) is 40.7. The van der Waals surface area contributed by atoms with E-state index in [9.17, 15) is 13.2 Å². The van der Waals surface area contributed by atoms with Crippen LogP contribution in [0, 0.1) is 0 Å². The van der Waals surface area contributed by atoms with Crippen LogP contribution in [0.25, 0.3) is 22.5 Å². The minimum Gasteiger partial charge on any atom is -0.382 e. The lowest BCUT2D eigenvalue weighted by Gasteiger charge is -2.39. The molecule has 0 atom stereocenters. The Kier molecular flexibility index (Phi) is 14.5. The van der Waals surface area contributed by atoms with Crippen LogP contribution >= 0.6 is 0 Å². The molecule has 1 fully saturated rings. The topological polar surface area (TPSA) is 139 Å². The van der Waals surface area contributed by atoms with Crippen LogP contribution in [0.4, 0.5) is 5.82 Å². The Bertz CT molecular complexity index is 2000. The third-order valence-electron chi connectivity index (χ3n) is 10.4. The molecule has 3 aromatic heterocycles. The summed E-state index contributed by atoms with van der Waals surface area (Å²) < 4.78 is 56.0. The number of ketones is 1. The summed E-state index contributed by atoms with van der Waals surface area (Å²) in [6.45, 7) is 17.6. The van der Waals surface area contributed by atoms with E-state index in [4.69, 9.17) is 29.0 Å². The SMILES string of the molecule is CCC(=O)C1(OCCOC)CCC(c2nc3c(-c4cnn(-c5ccccc5)c4)cnn3c(N(COCC[Si](C)(C)C)COCC[Si](C)(C)C)c2S(C)(=O)=O)CC1. The van der Waals surface area contributed by atoms with Crippen LogP contribution in [0.1, 0.15) is 50.6 Å². The molecule has 1 aliphatic rings. The van der Waals surface area contributed by atoms with Gasteiger partial charge in [-0.25, -0.2) is 18.1 Å². The minimum atomic E-state index is -3.91. The Morgan fingerprint density at radius 1 is 0.911 bits per heavy atom. The first kappa shape index (κ1) is 43.9. The fourth-order valence-electron chi connectivity index (χ4n) is 7.05. The van der Waals surface area contributed by atoms with Crippen molar-refractivity contribution in [2.24, 2.45) is 0 Å². The number of fused-ring (bicyclic) bond motifs is 1. The predicted octanol–water partition coefficient (Wildman–Crippen LogP) is 7.46.